The van der Waals surface area contributed by atoms with E-state index in [4.69, 9.17) is 0 Å². The minimum Gasteiger partial charge on any atom is -0.347 e. The van der Waals surface area contributed by atoms with E-state index in [1.807, 2.05) is 30.1 Å². The lowest BCUT2D eigenvalue weighted by Gasteiger charge is -2.23. The van der Waals surface area contributed by atoms with Gasteiger partial charge in [0, 0.05) is 47.6 Å². The van der Waals surface area contributed by atoms with Crippen LogP contribution in [0.1, 0.15) is 19.4 Å². The number of carbonyl (C=O) groups excluding carboxylic acids is 1. The molecule has 0 N–H and O–H groups in total. The molecule has 0 unspecified atom stereocenters. The van der Waals surface area contributed by atoms with E-state index >= 15 is 0 Å². The number of anilines is 1. The summed E-state index contributed by atoms with van der Waals surface area (Å²) in [7, 11) is 1.96. The summed E-state index contributed by atoms with van der Waals surface area (Å²) in [6.45, 7) is 4.24. The molecule has 4 rings (SSSR count). The van der Waals surface area contributed by atoms with E-state index < -0.39 is 4.92 Å². The lowest BCUT2D eigenvalue weighted by Crippen LogP contribution is -2.24. The van der Waals surface area contributed by atoms with E-state index in [0.29, 0.717) is 11.4 Å². The Balaban J connectivity index is 1.55. The molecule has 1 aliphatic heterocycles. The number of benzene rings is 2. The molecule has 3 aromatic rings. The summed E-state index contributed by atoms with van der Waals surface area (Å²) in [4.78, 5) is 29.5. The third-order valence-electron chi connectivity index (χ3n) is 5.41. The molecule has 1 aliphatic rings. The third-order valence-corrected chi connectivity index (χ3v) is 5.41. The molecule has 0 bridgehead atoms. The second kappa shape index (κ2) is 7.22. The van der Waals surface area contributed by atoms with Crippen molar-refractivity contribution >= 4 is 17.2 Å². The maximum atomic E-state index is 12.8. The van der Waals surface area contributed by atoms with Crippen molar-refractivity contribution in [2.45, 2.75) is 25.8 Å². The number of likely N-dealkylation sites (N-methyl/N-ethyl adjacent to an activating group) is 1. The highest BCUT2D eigenvalue weighted by atomic mass is 16.6. The van der Waals surface area contributed by atoms with E-state index in [2.05, 4.69) is 30.0 Å². The first-order chi connectivity index (χ1) is 14.3. The zero-order chi connectivity index (χ0) is 21.5. The minimum atomic E-state index is -0.464. The number of nitrogens with zero attached hydrogens (tertiary/aromatic N) is 5. The molecule has 1 aromatic heterocycles. The number of nitro groups is 1. The molecule has 8 heteroatoms. The molecule has 0 saturated heterocycles. The second-order valence-corrected chi connectivity index (χ2v) is 7.77. The van der Waals surface area contributed by atoms with Crippen LogP contribution < -0.4 is 4.90 Å². The maximum Gasteiger partial charge on any atom is 0.270 e. The van der Waals surface area contributed by atoms with Gasteiger partial charge in [-0.05, 0) is 11.6 Å². The van der Waals surface area contributed by atoms with E-state index in [1.54, 1.807) is 18.2 Å². The van der Waals surface area contributed by atoms with Gasteiger partial charge in [-0.15, -0.1) is 0 Å². The monoisotopic (exact) mass is 403 g/mol. The Morgan fingerprint density at radius 3 is 2.70 bits per heavy atom. The Morgan fingerprint density at radius 1 is 1.20 bits per heavy atom. The molecule has 0 radical (unpaired) electrons. The van der Waals surface area contributed by atoms with Crippen LogP contribution in [0.3, 0.4) is 0 Å². The van der Waals surface area contributed by atoms with E-state index in [-0.39, 0.29) is 23.4 Å². The number of aromatic nitrogens is 3. The standard InChI is InChI=1S/C22H21N5O3/c1-22(2)18-9-4-5-10-19(18)25(3)20(22)12-17(28)13-26-14-23-21(24-26)15-7-6-8-16(11-15)27(29)30/h4-12,14H,13H2,1-3H3/b20-12-. The Morgan fingerprint density at radius 2 is 1.97 bits per heavy atom. The Kier molecular flexibility index (Phi) is 4.69. The average molecular weight is 403 g/mol. The number of hydrogen-bond acceptors (Lipinski definition) is 6. The molecule has 0 saturated carbocycles. The topological polar surface area (TPSA) is 94.2 Å². The van der Waals surface area contributed by atoms with Crippen molar-refractivity contribution in [3.05, 3.63) is 82.3 Å². The van der Waals surface area contributed by atoms with Crippen LogP contribution in [-0.2, 0) is 16.8 Å². The fraction of sp³-hybridized carbons (Fsp3) is 0.227. The normalized spacial score (nSPS) is 16.0. The van der Waals surface area contributed by atoms with Gasteiger partial charge in [0.1, 0.15) is 12.9 Å². The zero-order valence-corrected chi connectivity index (χ0v) is 16.9. The van der Waals surface area contributed by atoms with Crippen LogP contribution in [0.5, 0.6) is 0 Å². The van der Waals surface area contributed by atoms with Crippen LogP contribution in [0.25, 0.3) is 11.4 Å². The van der Waals surface area contributed by atoms with Gasteiger partial charge < -0.3 is 4.90 Å². The highest BCUT2D eigenvalue weighted by Gasteiger charge is 2.38. The number of hydrogen-bond donors (Lipinski definition) is 0. The first kappa shape index (κ1) is 19.5. The van der Waals surface area contributed by atoms with Crippen molar-refractivity contribution in [3.8, 4) is 11.4 Å². The highest BCUT2D eigenvalue weighted by Crippen LogP contribution is 2.46. The van der Waals surface area contributed by atoms with Gasteiger partial charge in [0.2, 0.25) is 0 Å². The smallest absolute Gasteiger partial charge is 0.270 e. The largest absolute Gasteiger partial charge is 0.347 e. The summed E-state index contributed by atoms with van der Waals surface area (Å²) in [5.41, 5.74) is 3.41. The van der Waals surface area contributed by atoms with Crippen molar-refractivity contribution < 1.29 is 9.72 Å². The van der Waals surface area contributed by atoms with Gasteiger partial charge in [0.25, 0.3) is 5.69 Å². The van der Waals surface area contributed by atoms with Gasteiger partial charge in [-0.25, -0.2) is 9.67 Å². The SMILES string of the molecule is CN1/C(=C\C(=O)Cn2cnc(-c3cccc([N+](=O)[O-])c3)n2)C(C)(C)c2ccccc21. The Hall–Kier alpha value is -3.81. The molecular weight excluding hydrogens is 382 g/mol. The molecule has 30 heavy (non-hydrogen) atoms. The Bertz CT molecular complexity index is 1180. The predicted octanol–water partition coefficient (Wildman–Crippen LogP) is 3.73. The number of nitro benzene ring substituents is 1. The molecule has 0 atom stereocenters. The molecule has 2 heterocycles. The number of para-hydroxylation sites is 1. The maximum absolute atomic E-state index is 12.8. The number of ketones is 1. The van der Waals surface area contributed by atoms with Crippen LogP contribution in [-0.4, -0.2) is 32.5 Å². The predicted molar refractivity (Wildman–Crippen MR) is 113 cm³/mol. The van der Waals surface area contributed by atoms with Crippen LogP contribution in [0.4, 0.5) is 11.4 Å². The van der Waals surface area contributed by atoms with Crippen molar-refractivity contribution in [2.75, 3.05) is 11.9 Å². The molecular formula is C22H21N5O3. The minimum absolute atomic E-state index is 0.0317. The quantitative estimate of drug-likeness (QED) is 0.366. The first-order valence-electron chi connectivity index (χ1n) is 9.50. The number of non-ortho nitro benzene ring substituents is 1. The fourth-order valence-corrected chi connectivity index (χ4v) is 3.88. The van der Waals surface area contributed by atoms with E-state index in [1.165, 1.54) is 28.7 Å². The van der Waals surface area contributed by atoms with Crippen LogP contribution in [0.2, 0.25) is 0 Å². The van der Waals surface area contributed by atoms with Crippen molar-refractivity contribution in [2.24, 2.45) is 0 Å². The number of allylic oxidation sites excluding steroid dienone is 2. The molecule has 0 amide bonds. The van der Waals surface area contributed by atoms with Crippen molar-refractivity contribution in [1.29, 1.82) is 0 Å². The number of carbonyl (C=O) groups is 1. The van der Waals surface area contributed by atoms with Crippen LogP contribution >= 0.6 is 0 Å². The summed E-state index contributed by atoms with van der Waals surface area (Å²) in [5.74, 6) is 0.234. The lowest BCUT2D eigenvalue weighted by molar-refractivity contribution is -0.384. The van der Waals surface area contributed by atoms with Gasteiger partial charge >= 0.3 is 0 Å². The number of rotatable bonds is 5. The molecule has 0 spiro atoms. The summed E-state index contributed by atoms with van der Waals surface area (Å²) in [5, 5.41) is 15.3. The first-order valence-corrected chi connectivity index (χ1v) is 9.50. The molecule has 0 fully saturated rings. The highest BCUT2D eigenvalue weighted by molar-refractivity contribution is 5.92. The van der Waals surface area contributed by atoms with Crippen molar-refractivity contribution in [3.63, 3.8) is 0 Å². The van der Waals surface area contributed by atoms with Gasteiger partial charge in [-0.3, -0.25) is 14.9 Å². The van der Waals surface area contributed by atoms with Gasteiger partial charge in [0.05, 0.1) is 4.92 Å². The van der Waals surface area contributed by atoms with E-state index in [0.717, 1.165) is 11.4 Å². The summed E-state index contributed by atoms with van der Waals surface area (Å²) >= 11 is 0. The van der Waals surface area contributed by atoms with Crippen LogP contribution in [0.15, 0.2) is 66.6 Å². The second-order valence-electron chi connectivity index (χ2n) is 7.77. The Labute approximate surface area is 173 Å². The van der Waals surface area contributed by atoms with Gasteiger partial charge in [-0.2, -0.15) is 5.10 Å². The summed E-state index contributed by atoms with van der Waals surface area (Å²) in [6, 6.07) is 14.2. The van der Waals surface area contributed by atoms with Crippen LogP contribution in [0, 0.1) is 10.1 Å². The fourth-order valence-electron chi connectivity index (χ4n) is 3.88. The van der Waals surface area contributed by atoms with Gasteiger partial charge in [0.15, 0.2) is 11.6 Å². The summed E-state index contributed by atoms with van der Waals surface area (Å²) < 4.78 is 1.45. The molecule has 0 aliphatic carbocycles. The lowest BCUT2D eigenvalue weighted by atomic mass is 9.83. The zero-order valence-electron chi connectivity index (χ0n) is 16.9. The average Bonchev–Trinajstić information content (AvgIpc) is 3.26. The van der Waals surface area contributed by atoms with E-state index in [9.17, 15) is 14.9 Å². The molecule has 8 nitrogen and oxygen atoms in total. The number of fused-ring (bicyclic) bond motifs is 1. The van der Waals surface area contributed by atoms with Gasteiger partial charge in [-0.1, -0.05) is 44.2 Å². The molecule has 2 aromatic carbocycles. The third kappa shape index (κ3) is 3.36. The van der Waals surface area contributed by atoms with Crippen molar-refractivity contribution in [1.82, 2.24) is 14.8 Å². The summed E-state index contributed by atoms with van der Waals surface area (Å²) in [6.07, 6.45) is 3.12. The molecule has 152 valence electrons.